The van der Waals surface area contributed by atoms with E-state index in [0.29, 0.717) is 54.6 Å². The van der Waals surface area contributed by atoms with E-state index in [9.17, 15) is 14.7 Å². The molecule has 7 heteroatoms. The first-order valence-corrected chi connectivity index (χ1v) is 11.5. The predicted octanol–water partition coefficient (Wildman–Crippen LogP) is 4.60. The maximum absolute atomic E-state index is 13.2. The molecule has 1 atom stereocenters. The summed E-state index contributed by atoms with van der Waals surface area (Å²) >= 11 is 0. The molecule has 0 radical (unpaired) electrons. The van der Waals surface area contributed by atoms with Gasteiger partial charge in [0.05, 0.1) is 18.7 Å². The summed E-state index contributed by atoms with van der Waals surface area (Å²) in [4.78, 5) is 27.7. The second kappa shape index (κ2) is 9.05. The molecule has 2 aliphatic heterocycles. The molecule has 1 unspecified atom stereocenters. The molecule has 1 saturated heterocycles. The van der Waals surface area contributed by atoms with Crippen LogP contribution in [0, 0.1) is 0 Å². The van der Waals surface area contributed by atoms with Crippen molar-refractivity contribution in [3.63, 3.8) is 0 Å². The van der Waals surface area contributed by atoms with Gasteiger partial charge in [0.25, 0.3) is 11.7 Å². The average molecular weight is 466 g/mol. The lowest BCUT2D eigenvalue weighted by Gasteiger charge is -2.27. The SMILES string of the molecule is CCCN1C(=O)C(=O)/C(=C(/O)c2ccc(OC)c(C(C)(C)C)c2)C1c1ccc2c(c1)OCCO2. The zero-order valence-corrected chi connectivity index (χ0v) is 20.3. The number of likely N-dealkylation sites (tertiary alicyclic amines) is 1. The zero-order valence-electron chi connectivity index (χ0n) is 20.3. The Hall–Kier alpha value is -3.48. The highest BCUT2D eigenvalue weighted by atomic mass is 16.6. The van der Waals surface area contributed by atoms with Crippen LogP contribution in [-0.2, 0) is 15.0 Å². The number of benzene rings is 2. The van der Waals surface area contributed by atoms with Crippen molar-refractivity contribution in [2.45, 2.75) is 45.6 Å². The Morgan fingerprint density at radius 3 is 2.44 bits per heavy atom. The smallest absolute Gasteiger partial charge is 0.295 e. The maximum atomic E-state index is 13.2. The summed E-state index contributed by atoms with van der Waals surface area (Å²) in [5.74, 6) is 0.355. The van der Waals surface area contributed by atoms with Crippen LogP contribution in [0.2, 0.25) is 0 Å². The quantitative estimate of drug-likeness (QED) is 0.395. The molecule has 2 aromatic carbocycles. The molecule has 0 bridgehead atoms. The third kappa shape index (κ3) is 4.11. The number of rotatable bonds is 5. The van der Waals surface area contributed by atoms with Crippen molar-refractivity contribution in [1.29, 1.82) is 0 Å². The molecule has 4 rings (SSSR count). The average Bonchev–Trinajstić information content (AvgIpc) is 3.07. The van der Waals surface area contributed by atoms with Crippen LogP contribution in [0.3, 0.4) is 0 Å². The number of hydrogen-bond donors (Lipinski definition) is 1. The van der Waals surface area contributed by atoms with Crippen LogP contribution < -0.4 is 14.2 Å². The van der Waals surface area contributed by atoms with Crippen LogP contribution in [0.4, 0.5) is 0 Å². The number of ketones is 1. The van der Waals surface area contributed by atoms with Crippen molar-refractivity contribution in [3.05, 3.63) is 58.7 Å². The van der Waals surface area contributed by atoms with Crippen LogP contribution in [0.25, 0.3) is 5.76 Å². The van der Waals surface area contributed by atoms with Crippen molar-refractivity contribution in [2.75, 3.05) is 26.9 Å². The van der Waals surface area contributed by atoms with Crippen LogP contribution in [0.5, 0.6) is 17.2 Å². The Kier molecular flexibility index (Phi) is 6.30. The minimum atomic E-state index is -0.726. The van der Waals surface area contributed by atoms with Gasteiger partial charge in [0.2, 0.25) is 0 Å². The molecule has 1 fully saturated rings. The molecule has 2 aromatic rings. The highest BCUT2D eigenvalue weighted by Gasteiger charge is 2.46. The molecule has 0 aliphatic carbocycles. The number of ether oxygens (including phenoxy) is 3. The van der Waals surface area contributed by atoms with Gasteiger partial charge >= 0.3 is 0 Å². The fourth-order valence-corrected chi connectivity index (χ4v) is 4.53. The Bertz CT molecular complexity index is 1160. The second-order valence-electron chi connectivity index (χ2n) is 9.56. The van der Waals surface area contributed by atoms with Gasteiger partial charge in [0.15, 0.2) is 11.5 Å². The molecular weight excluding hydrogens is 434 g/mol. The number of Topliss-reactive ketones (excluding diaryl/α,β-unsaturated/α-hetero) is 1. The molecule has 2 aliphatic rings. The topological polar surface area (TPSA) is 85.3 Å². The van der Waals surface area contributed by atoms with Crippen molar-refractivity contribution in [2.24, 2.45) is 0 Å². The molecule has 0 spiro atoms. The van der Waals surface area contributed by atoms with E-state index in [1.807, 2.05) is 39.8 Å². The molecule has 2 heterocycles. The number of carbonyl (C=O) groups excluding carboxylic acids is 2. The van der Waals surface area contributed by atoms with Gasteiger partial charge in [0, 0.05) is 17.7 Å². The Morgan fingerprint density at radius 1 is 1.09 bits per heavy atom. The molecular formula is C27H31NO6. The number of aliphatic hydroxyl groups is 1. The summed E-state index contributed by atoms with van der Waals surface area (Å²) in [7, 11) is 1.60. The number of aliphatic hydroxyl groups excluding tert-OH is 1. The summed E-state index contributed by atoms with van der Waals surface area (Å²) in [5.41, 5.74) is 1.84. The molecule has 1 amide bonds. The number of methoxy groups -OCH3 is 1. The summed E-state index contributed by atoms with van der Waals surface area (Å²) in [6, 6.07) is 9.96. The standard InChI is InChI=1S/C27H31NO6/c1-6-11-28-23(16-7-10-20-21(15-16)34-13-12-33-20)22(25(30)26(28)31)24(29)17-8-9-19(32-5)18(14-17)27(2,3)4/h7-10,14-15,23,29H,6,11-13H2,1-5H3/b24-22+. The third-order valence-electron chi connectivity index (χ3n) is 6.17. The van der Waals surface area contributed by atoms with E-state index in [-0.39, 0.29) is 16.7 Å². The fourth-order valence-electron chi connectivity index (χ4n) is 4.53. The summed E-state index contributed by atoms with van der Waals surface area (Å²) in [5, 5.41) is 11.4. The zero-order chi connectivity index (χ0) is 24.6. The Labute approximate surface area is 199 Å². The third-order valence-corrected chi connectivity index (χ3v) is 6.17. The van der Waals surface area contributed by atoms with E-state index in [1.54, 1.807) is 31.4 Å². The molecule has 7 nitrogen and oxygen atoms in total. The summed E-state index contributed by atoms with van der Waals surface area (Å²) in [6.07, 6.45) is 0.671. The molecule has 0 saturated carbocycles. The number of fused-ring (bicyclic) bond motifs is 1. The van der Waals surface area contributed by atoms with Gasteiger partial charge in [-0.15, -0.1) is 0 Å². The number of amides is 1. The lowest BCUT2D eigenvalue weighted by atomic mass is 9.84. The van der Waals surface area contributed by atoms with Crippen LogP contribution in [-0.4, -0.2) is 48.6 Å². The van der Waals surface area contributed by atoms with Gasteiger partial charge in [-0.1, -0.05) is 33.8 Å². The second-order valence-corrected chi connectivity index (χ2v) is 9.56. The van der Waals surface area contributed by atoms with Gasteiger partial charge in [-0.05, 0) is 47.7 Å². The van der Waals surface area contributed by atoms with Crippen LogP contribution >= 0.6 is 0 Å². The maximum Gasteiger partial charge on any atom is 0.295 e. The van der Waals surface area contributed by atoms with Crippen LogP contribution in [0.15, 0.2) is 42.0 Å². The first-order valence-electron chi connectivity index (χ1n) is 11.5. The Balaban J connectivity index is 1.89. The largest absolute Gasteiger partial charge is 0.507 e. The predicted molar refractivity (Wildman–Crippen MR) is 128 cm³/mol. The van der Waals surface area contributed by atoms with E-state index >= 15 is 0 Å². The first-order chi connectivity index (χ1) is 16.2. The molecule has 180 valence electrons. The van der Waals surface area contributed by atoms with Crippen molar-refractivity contribution < 1.29 is 28.9 Å². The van der Waals surface area contributed by atoms with E-state index in [0.717, 1.165) is 5.56 Å². The Morgan fingerprint density at radius 2 is 1.79 bits per heavy atom. The van der Waals surface area contributed by atoms with Gasteiger partial charge in [-0.25, -0.2) is 0 Å². The minimum Gasteiger partial charge on any atom is -0.507 e. The van der Waals surface area contributed by atoms with Crippen molar-refractivity contribution in [1.82, 2.24) is 4.90 Å². The number of nitrogens with zero attached hydrogens (tertiary/aromatic N) is 1. The first kappa shape index (κ1) is 23.7. The van der Waals surface area contributed by atoms with Crippen molar-refractivity contribution >= 4 is 17.4 Å². The lowest BCUT2D eigenvalue weighted by Crippen LogP contribution is -2.30. The minimum absolute atomic E-state index is 0.0696. The number of carbonyl (C=O) groups is 2. The van der Waals surface area contributed by atoms with Crippen molar-refractivity contribution in [3.8, 4) is 17.2 Å². The lowest BCUT2D eigenvalue weighted by molar-refractivity contribution is -0.139. The van der Waals surface area contributed by atoms with Crippen LogP contribution in [0.1, 0.15) is 56.8 Å². The van der Waals surface area contributed by atoms with E-state index in [2.05, 4.69) is 0 Å². The summed E-state index contributed by atoms with van der Waals surface area (Å²) < 4.78 is 16.9. The molecule has 0 aromatic heterocycles. The fraction of sp³-hybridized carbons (Fsp3) is 0.407. The monoisotopic (exact) mass is 465 g/mol. The van der Waals surface area contributed by atoms with E-state index in [1.165, 1.54) is 4.90 Å². The van der Waals surface area contributed by atoms with E-state index < -0.39 is 17.7 Å². The highest BCUT2D eigenvalue weighted by Crippen LogP contribution is 2.43. The number of hydrogen-bond acceptors (Lipinski definition) is 6. The van der Waals surface area contributed by atoms with Gasteiger partial charge in [-0.2, -0.15) is 0 Å². The molecule has 1 N–H and O–H groups in total. The van der Waals surface area contributed by atoms with E-state index in [4.69, 9.17) is 14.2 Å². The van der Waals surface area contributed by atoms with Gasteiger partial charge in [-0.3, -0.25) is 9.59 Å². The summed E-state index contributed by atoms with van der Waals surface area (Å²) in [6.45, 7) is 9.36. The van der Waals surface area contributed by atoms with Gasteiger partial charge in [0.1, 0.15) is 24.7 Å². The normalized spacial score (nSPS) is 19.4. The van der Waals surface area contributed by atoms with Gasteiger partial charge < -0.3 is 24.2 Å². The highest BCUT2D eigenvalue weighted by molar-refractivity contribution is 6.46. The molecule has 34 heavy (non-hydrogen) atoms.